The van der Waals surface area contributed by atoms with Crippen LogP contribution >= 0.6 is 15.9 Å². The molecule has 0 unspecified atom stereocenters. The van der Waals surface area contributed by atoms with Crippen molar-refractivity contribution in [3.63, 3.8) is 0 Å². The summed E-state index contributed by atoms with van der Waals surface area (Å²) in [6, 6.07) is 4.20. The van der Waals surface area contributed by atoms with Gasteiger partial charge in [0.25, 0.3) is 5.91 Å². The summed E-state index contributed by atoms with van der Waals surface area (Å²) >= 11 is 3.27. The number of halogens is 2. The van der Waals surface area contributed by atoms with Crippen LogP contribution in [-0.2, 0) is 0 Å². The Hall–Kier alpha value is -2.02. The Balaban J connectivity index is 0.000000745. The molecule has 0 saturated heterocycles. The van der Waals surface area contributed by atoms with Crippen LogP contribution in [0, 0.1) is 12.7 Å². The number of benzene rings is 1. The molecular weight excluding hydrogens is 351 g/mol. The highest BCUT2D eigenvalue weighted by Gasteiger charge is 2.15. The zero-order valence-corrected chi connectivity index (χ0v) is 14.2. The summed E-state index contributed by atoms with van der Waals surface area (Å²) in [6.45, 7) is 5.97. The van der Waals surface area contributed by atoms with Crippen LogP contribution in [0.1, 0.15) is 36.5 Å². The summed E-state index contributed by atoms with van der Waals surface area (Å²) in [4.78, 5) is 19.4. The van der Waals surface area contributed by atoms with E-state index < -0.39 is 11.7 Å². The number of nitrogens with one attached hydrogen (secondary N) is 1. The number of carbonyl (C=O) groups is 1. The first-order valence-electron chi connectivity index (χ1n) is 6.75. The molecule has 0 atom stereocenters. The van der Waals surface area contributed by atoms with Crippen molar-refractivity contribution in [2.24, 2.45) is 5.73 Å². The standard InChI is InChI=1S/C12H10BrFN4O.C3H8/c1-6-16-5-7(13)12(17-6)18-9-4-2-3-8(14)10(9)11(15)19;1-3-2/h2-5H,1H3,(H2,15,19)(H,16,17,18);3H2,1-2H3. The van der Waals surface area contributed by atoms with E-state index in [0.29, 0.717) is 16.1 Å². The SMILES string of the molecule is CCC.Cc1ncc(Br)c(Nc2cccc(F)c2C(N)=O)n1. The molecule has 0 fully saturated rings. The molecule has 0 spiro atoms. The van der Waals surface area contributed by atoms with Crippen molar-refractivity contribution in [1.82, 2.24) is 9.97 Å². The summed E-state index contributed by atoms with van der Waals surface area (Å²) in [7, 11) is 0. The van der Waals surface area contributed by atoms with Crippen molar-refractivity contribution >= 4 is 33.3 Å². The maximum absolute atomic E-state index is 13.6. The predicted octanol–water partition coefficient (Wildman–Crippen LogP) is 3.95. The van der Waals surface area contributed by atoms with Crippen molar-refractivity contribution in [3.05, 3.63) is 46.1 Å². The maximum atomic E-state index is 13.6. The van der Waals surface area contributed by atoms with Crippen molar-refractivity contribution in [2.75, 3.05) is 5.32 Å². The second kappa shape index (κ2) is 8.43. The first kappa shape index (κ1) is 18.0. The molecule has 1 heterocycles. The van der Waals surface area contributed by atoms with Gasteiger partial charge in [-0.05, 0) is 35.0 Å². The lowest BCUT2D eigenvalue weighted by molar-refractivity contribution is 0.0997. The van der Waals surface area contributed by atoms with Gasteiger partial charge in [0.05, 0.1) is 15.7 Å². The fourth-order valence-electron chi connectivity index (χ4n) is 1.55. The Morgan fingerprint density at radius 3 is 2.64 bits per heavy atom. The highest BCUT2D eigenvalue weighted by atomic mass is 79.9. The molecule has 0 aliphatic carbocycles. The number of amides is 1. The van der Waals surface area contributed by atoms with Crippen LogP contribution in [0.3, 0.4) is 0 Å². The molecule has 0 aliphatic heterocycles. The maximum Gasteiger partial charge on any atom is 0.253 e. The minimum atomic E-state index is -0.845. The third-order valence-corrected chi connectivity index (χ3v) is 2.96. The van der Waals surface area contributed by atoms with E-state index in [1.54, 1.807) is 19.2 Å². The fourth-order valence-corrected chi connectivity index (χ4v) is 1.84. The Kier molecular flexibility index (Phi) is 6.91. The number of nitrogens with zero attached hydrogens (tertiary/aromatic N) is 2. The zero-order valence-electron chi connectivity index (χ0n) is 12.7. The fraction of sp³-hybridized carbons (Fsp3) is 0.267. The van der Waals surface area contributed by atoms with Gasteiger partial charge in [-0.25, -0.2) is 14.4 Å². The van der Waals surface area contributed by atoms with Crippen molar-refractivity contribution in [3.8, 4) is 0 Å². The summed E-state index contributed by atoms with van der Waals surface area (Å²) in [6.07, 6.45) is 2.81. The first-order valence-corrected chi connectivity index (χ1v) is 7.54. The molecule has 0 bridgehead atoms. The molecule has 1 aromatic carbocycles. The number of hydrogen-bond donors (Lipinski definition) is 2. The van der Waals surface area contributed by atoms with Gasteiger partial charge in [0, 0.05) is 6.20 Å². The molecule has 5 nitrogen and oxygen atoms in total. The number of aromatic nitrogens is 2. The molecular formula is C15H18BrFN4O. The largest absolute Gasteiger partial charge is 0.365 e. The second-order valence-electron chi connectivity index (χ2n) is 4.47. The predicted molar refractivity (Wildman–Crippen MR) is 88.6 cm³/mol. The lowest BCUT2D eigenvalue weighted by Gasteiger charge is -2.11. The van der Waals surface area contributed by atoms with Crippen LogP contribution in [0.2, 0.25) is 0 Å². The van der Waals surface area contributed by atoms with Gasteiger partial charge < -0.3 is 11.1 Å². The second-order valence-corrected chi connectivity index (χ2v) is 5.33. The van der Waals surface area contributed by atoms with E-state index in [9.17, 15) is 9.18 Å². The van der Waals surface area contributed by atoms with E-state index in [0.717, 1.165) is 0 Å². The number of primary amides is 1. The summed E-state index contributed by atoms with van der Waals surface area (Å²) in [5, 5.41) is 2.86. The number of hydrogen-bond acceptors (Lipinski definition) is 4. The van der Waals surface area contributed by atoms with Crippen LogP contribution in [-0.4, -0.2) is 15.9 Å². The average molecular weight is 369 g/mol. The number of rotatable bonds is 3. The highest BCUT2D eigenvalue weighted by molar-refractivity contribution is 9.10. The normalized spacial score (nSPS) is 9.68. The molecule has 118 valence electrons. The van der Waals surface area contributed by atoms with E-state index >= 15 is 0 Å². The quantitative estimate of drug-likeness (QED) is 0.859. The van der Waals surface area contributed by atoms with E-state index in [4.69, 9.17) is 5.73 Å². The van der Waals surface area contributed by atoms with Crippen LogP contribution in [0.25, 0.3) is 0 Å². The summed E-state index contributed by atoms with van der Waals surface area (Å²) in [5.41, 5.74) is 5.23. The minimum absolute atomic E-state index is 0.203. The molecule has 1 aromatic heterocycles. The van der Waals surface area contributed by atoms with Gasteiger partial charge in [-0.2, -0.15) is 0 Å². The average Bonchev–Trinajstić information content (AvgIpc) is 2.43. The number of carbonyl (C=O) groups excluding carboxylic acids is 1. The molecule has 0 saturated carbocycles. The van der Waals surface area contributed by atoms with Gasteiger partial charge >= 0.3 is 0 Å². The van der Waals surface area contributed by atoms with Crippen LogP contribution in [0.5, 0.6) is 0 Å². The molecule has 1 amide bonds. The molecule has 22 heavy (non-hydrogen) atoms. The molecule has 0 aliphatic rings. The monoisotopic (exact) mass is 368 g/mol. The van der Waals surface area contributed by atoms with Crippen LogP contribution in [0.15, 0.2) is 28.9 Å². The minimum Gasteiger partial charge on any atom is -0.365 e. The van der Waals surface area contributed by atoms with Gasteiger partial charge in [-0.3, -0.25) is 4.79 Å². The van der Waals surface area contributed by atoms with Crippen molar-refractivity contribution in [1.29, 1.82) is 0 Å². The smallest absolute Gasteiger partial charge is 0.253 e. The van der Waals surface area contributed by atoms with Gasteiger partial charge in [0.2, 0.25) is 0 Å². The van der Waals surface area contributed by atoms with Gasteiger partial charge in [0.15, 0.2) is 0 Å². The van der Waals surface area contributed by atoms with Crippen LogP contribution < -0.4 is 11.1 Å². The Bertz CT molecular complexity index is 664. The zero-order chi connectivity index (χ0) is 16.7. The van der Waals surface area contributed by atoms with Gasteiger partial charge in [-0.1, -0.05) is 26.3 Å². The van der Waals surface area contributed by atoms with E-state index in [2.05, 4.69) is 45.1 Å². The summed E-state index contributed by atoms with van der Waals surface area (Å²) < 4.78 is 14.2. The lowest BCUT2D eigenvalue weighted by atomic mass is 10.1. The van der Waals surface area contributed by atoms with E-state index in [-0.39, 0.29) is 11.3 Å². The number of anilines is 2. The molecule has 2 aromatic rings. The highest BCUT2D eigenvalue weighted by Crippen LogP contribution is 2.26. The molecule has 0 radical (unpaired) electrons. The van der Waals surface area contributed by atoms with Gasteiger partial charge in [-0.15, -0.1) is 0 Å². The van der Waals surface area contributed by atoms with E-state index in [1.807, 2.05) is 0 Å². The van der Waals surface area contributed by atoms with Crippen molar-refractivity contribution in [2.45, 2.75) is 27.2 Å². The number of aryl methyl sites for hydroxylation is 1. The van der Waals surface area contributed by atoms with E-state index in [1.165, 1.54) is 18.6 Å². The number of nitrogens with two attached hydrogens (primary N) is 1. The Morgan fingerprint density at radius 2 is 2.05 bits per heavy atom. The Morgan fingerprint density at radius 1 is 1.41 bits per heavy atom. The molecule has 3 N–H and O–H groups in total. The third kappa shape index (κ3) is 4.77. The molecule has 7 heteroatoms. The van der Waals surface area contributed by atoms with Crippen molar-refractivity contribution < 1.29 is 9.18 Å². The third-order valence-electron chi connectivity index (χ3n) is 2.38. The van der Waals surface area contributed by atoms with Crippen LogP contribution in [0.4, 0.5) is 15.9 Å². The molecule has 2 rings (SSSR count). The van der Waals surface area contributed by atoms with Gasteiger partial charge in [0.1, 0.15) is 17.5 Å². The topological polar surface area (TPSA) is 80.9 Å². The Labute approximate surface area is 137 Å². The first-order chi connectivity index (χ1) is 10.4. The lowest BCUT2D eigenvalue weighted by Crippen LogP contribution is -2.15. The summed E-state index contributed by atoms with van der Waals surface area (Å²) in [5.74, 6) is -0.551.